The van der Waals surface area contributed by atoms with E-state index in [-0.39, 0.29) is 5.54 Å². The molecule has 4 rings (SSSR count). The predicted molar refractivity (Wildman–Crippen MR) is 157 cm³/mol. The second-order valence-corrected chi connectivity index (χ2v) is 9.85. The molecule has 0 saturated carbocycles. The molecule has 0 bridgehead atoms. The number of nitrogens with zero attached hydrogens (tertiary/aromatic N) is 2. The number of hydrogen-bond donors (Lipinski definition) is 1. The van der Waals surface area contributed by atoms with Gasteiger partial charge < -0.3 is 15.0 Å². The summed E-state index contributed by atoms with van der Waals surface area (Å²) in [5.41, 5.74) is 5.54. The number of pyridine rings is 1. The van der Waals surface area contributed by atoms with Gasteiger partial charge in [-0.05, 0) is 45.0 Å². The number of fused-ring (bicyclic) bond motifs is 1. The summed E-state index contributed by atoms with van der Waals surface area (Å²) in [6.07, 6.45) is 2.02. The van der Waals surface area contributed by atoms with Crippen LogP contribution in [-0.4, -0.2) is 36.6 Å². The van der Waals surface area contributed by atoms with Crippen LogP contribution in [0.1, 0.15) is 44.7 Å². The fraction of sp³-hybridized carbons (Fsp3) is 0.303. The molecule has 0 aliphatic carbocycles. The molecule has 0 fully saturated rings. The molecule has 0 amide bonds. The minimum absolute atomic E-state index is 0.283. The lowest BCUT2D eigenvalue weighted by molar-refractivity contribution is 0.237. The van der Waals surface area contributed by atoms with Gasteiger partial charge in [0.2, 0.25) is 0 Å². The summed E-state index contributed by atoms with van der Waals surface area (Å²) in [6.45, 7) is 13.7. The molecule has 37 heavy (non-hydrogen) atoms. The minimum Gasteiger partial charge on any atom is -0.489 e. The van der Waals surface area contributed by atoms with Gasteiger partial charge in [-0.3, -0.25) is 0 Å². The maximum Gasteiger partial charge on any atom is 0.155 e. The number of para-hydroxylation sites is 1. The molecule has 0 spiro atoms. The van der Waals surface area contributed by atoms with Crippen molar-refractivity contribution in [3.05, 3.63) is 103 Å². The molecule has 1 unspecified atom stereocenters. The lowest BCUT2D eigenvalue weighted by atomic mass is 9.88. The molecule has 0 aliphatic rings. The van der Waals surface area contributed by atoms with Crippen LogP contribution in [0, 0.1) is 0 Å². The second-order valence-electron chi connectivity index (χ2n) is 9.85. The summed E-state index contributed by atoms with van der Waals surface area (Å²) >= 11 is 0. The standard InChI is InChI=1S/C33H39N3O/c1-6-22-36(5)23-24-37-32-30(25(3)35-33(4,7-2)27-18-12-9-13-19-27)28-20-14-15-21-29(28)34-31(32)26-16-10-8-11-17-26/h8-21,35H,3,6-7,22-24H2,1-2,4-5H3. The van der Waals surface area contributed by atoms with E-state index in [1.54, 1.807) is 0 Å². The predicted octanol–water partition coefficient (Wildman–Crippen LogP) is 7.51. The van der Waals surface area contributed by atoms with Crippen LogP contribution in [0.5, 0.6) is 5.75 Å². The van der Waals surface area contributed by atoms with Crippen LogP contribution in [0.4, 0.5) is 0 Å². The summed E-state index contributed by atoms with van der Waals surface area (Å²) in [5.74, 6) is 0.777. The number of benzene rings is 3. The molecule has 3 aromatic carbocycles. The van der Waals surface area contributed by atoms with Crippen molar-refractivity contribution in [2.24, 2.45) is 0 Å². The van der Waals surface area contributed by atoms with Crippen molar-refractivity contribution in [2.45, 2.75) is 39.2 Å². The number of hydrogen-bond acceptors (Lipinski definition) is 4. The molecule has 4 aromatic rings. The van der Waals surface area contributed by atoms with E-state index < -0.39 is 0 Å². The Morgan fingerprint density at radius 2 is 1.57 bits per heavy atom. The fourth-order valence-electron chi connectivity index (χ4n) is 4.79. The third kappa shape index (κ3) is 6.03. The summed E-state index contributed by atoms with van der Waals surface area (Å²) in [7, 11) is 2.14. The van der Waals surface area contributed by atoms with Gasteiger partial charge in [0.1, 0.15) is 12.3 Å². The maximum atomic E-state index is 6.62. The Hall–Kier alpha value is -3.63. The van der Waals surface area contributed by atoms with Crippen LogP contribution in [0.15, 0.2) is 91.5 Å². The van der Waals surface area contributed by atoms with Gasteiger partial charge in [-0.15, -0.1) is 0 Å². The molecule has 0 saturated heterocycles. The second kappa shape index (κ2) is 12.1. The van der Waals surface area contributed by atoms with Gasteiger partial charge in [0, 0.05) is 23.2 Å². The smallest absolute Gasteiger partial charge is 0.155 e. The zero-order valence-corrected chi connectivity index (χ0v) is 22.6. The van der Waals surface area contributed by atoms with E-state index in [1.165, 1.54) is 5.56 Å². The van der Waals surface area contributed by atoms with Crippen LogP contribution in [0.2, 0.25) is 0 Å². The Labute approximate surface area is 222 Å². The van der Waals surface area contributed by atoms with Crippen LogP contribution < -0.4 is 10.1 Å². The molecular weight excluding hydrogens is 454 g/mol. The quantitative estimate of drug-likeness (QED) is 0.222. The van der Waals surface area contributed by atoms with Crippen LogP contribution in [-0.2, 0) is 5.54 Å². The molecule has 1 N–H and O–H groups in total. The zero-order valence-electron chi connectivity index (χ0n) is 22.6. The van der Waals surface area contributed by atoms with Gasteiger partial charge in [0.25, 0.3) is 0 Å². The lowest BCUT2D eigenvalue weighted by Gasteiger charge is -2.33. The summed E-state index contributed by atoms with van der Waals surface area (Å²) in [4.78, 5) is 7.39. The molecule has 4 nitrogen and oxygen atoms in total. The molecule has 0 aliphatic heterocycles. The Balaban J connectivity index is 1.83. The summed E-state index contributed by atoms with van der Waals surface area (Å²) < 4.78 is 6.62. The van der Waals surface area contributed by atoms with Gasteiger partial charge in [0.05, 0.1) is 16.6 Å². The Kier molecular flexibility index (Phi) is 8.62. The summed E-state index contributed by atoms with van der Waals surface area (Å²) in [5, 5.41) is 4.82. The van der Waals surface area contributed by atoms with E-state index in [2.05, 4.69) is 105 Å². The van der Waals surface area contributed by atoms with E-state index in [9.17, 15) is 0 Å². The third-order valence-electron chi connectivity index (χ3n) is 7.07. The largest absolute Gasteiger partial charge is 0.489 e. The highest BCUT2D eigenvalue weighted by Crippen LogP contribution is 2.40. The van der Waals surface area contributed by atoms with Crippen molar-refractivity contribution in [2.75, 3.05) is 26.7 Å². The third-order valence-corrected chi connectivity index (χ3v) is 7.07. The van der Waals surface area contributed by atoms with E-state index in [4.69, 9.17) is 9.72 Å². The maximum absolute atomic E-state index is 6.62. The number of ether oxygens (including phenoxy) is 1. The molecule has 1 heterocycles. The fourth-order valence-corrected chi connectivity index (χ4v) is 4.79. The minimum atomic E-state index is -0.283. The van der Waals surface area contributed by atoms with Crippen molar-refractivity contribution < 1.29 is 4.74 Å². The monoisotopic (exact) mass is 493 g/mol. The van der Waals surface area contributed by atoms with E-state index in [0.29, 0.717) is 6.61 Å². The van der Waals surface area contributed by atoms with Crippen LogP contribution >= 0.6 is 0 Å². The van der Waals surface area contributed by atoms with Crippen molar-refractivity contribution >= 4 is 16.6 Å². The van der Waals surface area contributed by atoms with Crippen molar-refractivity contribution in [1.82, 2.24) is 15.2 Å². The average molecular weight is 494 g/mol. The first-order chi connectivity index (χ1) is 18.0. The van der Waals surface area contributed by atoms with E-state index in [0.717, 1.165) is 65.1 Å². The Bertz CT molecular complexity index is 1320. The highest BCUT2D eigenvalue weighted by Gasteiger charge is 2.28. The highest BCUT2D eigenvalue weighted by molar-refractivity contribution is 5.97. The van der Waals surface area contributed by atoms with Gasteiger partial charge in [-0.2, -0.15) is 0 Å². The van der Waals surface area contributed by atoms with Gasteiger partial charge >= 0.3 is 0 Å². The first kappa shape index (κ1) is 26.4. The topological polar surface area (TPSA) is 37.4 Å². The Morgan fingerprint density at radius 3 is 2.24 bits per heavy atom. The molecule has 4 heteroatoms. The normalized spacial score (nSPS) is 12.9. The van der Waals surface area contributed by atoms with Gasteiger partial charge in [-0.1, -0.05) is 99.3 Å². The molecular formula is C33H39N3O. The first-order valence-electron chi connectivity index (χ1n) is 13.3. The van der Waals surface area contributed by atoms with Crippen molar-refractivity contribution in [3.63, 3.8) is 0 Å². The SMILES string of the molecule is C=C(NC(C)(CC)c1ccccc1)c1c(OCCN(C)CCC)c(-c2ccccc2)nc2ccccc12. The van der Waals surface area contributed by atoms with Crippen molar-refractivity contribution in [1.29, 1.82) is 0 Å². The molecule has 192 valence electrons. The first-order valence-corrected chi connectivity index (χ1v) is 13.3. The summed E-state index contributed by atoms with van der Waals surface area (Å²) in [6, 6.07) is 29.1. The number of aromatic nitrogens is 1. The van der Waals surface area contributed by atoms with Gasteiger partial charge in [-0.25, -0.2) is 4.98 Å². The zero-order chi connectivity index (χ0) is 26.3. The van der Waals surface area contributed by atoms with Crippen LogP contribution in [0.25, 0.3) is 27.9 Å². The van der Waals surface area contributed by atoms with Gasteiger partial charge in [0.15, 0.2) is 5.75 Å². The molecule has 1 aromatic heterocycles. The Morgan fingerprint density at radius 1 is 0.919 bits per heavy atom. The average Bonchev–Trinajstić information content (AvgIpc) is 2.93. The van der Waals surface area contributed by atoms with E-state index >= 15 is 0 Å². The molecule has 0 radical (unpaired) electrons. The number of rotatable bonds is 12. The van der Waals surface area contributed by atoms with Crippen molar-refractivity contribution in [3.8, 4) is 17.0 Å². The number of likely N-dealkylation sites (N-methyl/N-ethyl adjacent to an activating group) is 1. The van der Waals surface area contributed by atoms with E-state index in [1.807, 2.05) is 24.3 Å². The molecule has 1 atom stereocenters. The number of nitrogens with one attached hydrogen (secondary N) is 1. The van der Waals surface area contributed by atoms with Crippen LogP contribution in [0.3, 0.4) is 0 Å². The highest BCUT2D eigenvalue weighted by atomic mass is 16.5. The lowest BCUT2D eigenvalue weighted by Crippen LogP contribution is -2.37.